The van der Waals surface area contributed by atoms with Gasteiger partial charge in [-0.05, 0) is 37.5 Å². The van der Waals surface area contributed by atoms with Crippen LogP contribution in [0.3, 0.4) is 0 Å². The SMILES string of the molecule is Cc1ccnc(NC(=O)C2(C#N)CCCCC2)c1. The molecule has 0 bridgehead atoms. The lowest BCUT2D eigenvalue weighted by atomic mass is 9.74. The molecule has 1 aliphatic rings. The van der Waals surface area contributed by atoms with E-state index in [4.69, 9.17) is 0 Å². The minimum Gasteiger partial charge on any atom is -0.309 e. The molecule has 18 heavy (non-hydrogen) atoms. The molecule has 4 heteroatoms. The fraction of sp³-hybridized carbons (Fsp3) is 0.500. The van der Waals surface area contributed by atoms with E-state index in [0.717, 1.165) is 24.8 Å². The predicted molar refractivity (Wildman–Crippen MR) is 68.7 cm³/mol. The smallest absolute Gasteiger partial charge is 0.246 e. The van der Waals surface area contributed by atoms with Crippen molar-refractivity contribution < 1.29 is 4.79 Å². The number of amides is 1. The van der Waals surface area contributed by atoms with Crippen LogP contribution in [0.1, 0.15) is 37.7 Å². The number of hydrogen-bond acceptors (Lipinski definition) is 3. The molecule has 1 heterocycles. The van der Waals surface area contributed by atoms with E-state index >= 15 is 0 Å². The van der Waals surface area contributed by atoms with E-state index in [1.807, 2.05) is 19.1 Å². The average Bonchev–Trinajstić information content (AvgIpc) is 2.39. The third-order valence-corrected chi connectivity index (χ3v) is 3.51. The molecule has 2 rings (SSSR count). The van der Waals surface area contributed by atoms with Gasteiger partial charge in [-0.2, -0.15) is 5.26 Å². The molecule has 4 nitrogen and oxygen atoms in total. The molecule has 0 radical (unpaired) electrons. The molecule has 0 spiro atoms. The molecule has 0 aromatic carbocycles. The van der Waals surface area contributed by atoms with Gasteiger partial charge in [-0.3, -0.25) is 4.79 Å². The van der Waals surface area contributed by atoms with Gasteiger partial charge >= 0.3 is 0 Å². The Morgan fingerprint density at radius 3 is 2.78 bits per heavy atom. The zero-order chi connectivity index (χ0) is 13.0. The quantitative estimate of drug-likeness (QED) is 0.868. The van der Waals surface area contributed by atoms with E-state index < -0.39 is 5.41 Å². The lowest BCUT2D eigenvalue weighted by Gasteiger charge is -2.28. The van der Waals surface area contributed by atoms with Crippen LogP contribution in [0.4, 0.5) is 5.82 Å². The Bertz CT molecular complexity index is 484. The van der Waals surface area contributed by atoms with E-state index in [2.05, 4.69) is 16.4 Å². The van der Waals surface area contributed by atoms with Crippen molar-refractivity contribution >= 4 is 11.7 Å². The van der Waals surface area contributed by atoms with Gasteiger partial charge in [0.05, 0.1) is 6.07 Å². The zero-order valence-electron chi connectivity index (χ0n) is 10.6. The van der Waals surface area contributed by atoms with E-state index in [1.54, 1.807) is 6.20 Å². The van der Waals surface area contributed by atoms with Gasteiger partial charge in [0.2, 0.25) is 5.91 Å². The highest BCUT2D eigenvalue weighted by molar-refractivity contribution is 5.96. The summed E-state index contributed by atoms with van der Waals surface area (Å²) in [5, 5.41) is 12.1. The second kappa shape index (κ2) is 5.18. The molecule has 0 atom stereocenters. The molecule has 1 amide bonds. The fourth-order valence-electron chi connectivity index (χ4n) is 2.39. The molecule has 1 aromatic heterocycles. The van der Waals surface area contributed by atoms with E-state index in [-0.39, 0.29) is 5.91 Å². The number of pyridine rings is 1. The predicted octanol–water partition coefficient (Wildman–Crippen LogP) is 2.80. The first-order valence-corrected chi connectivity index (χ1v) is 6.32. The highest BCUT2D eigenvalue weighted by Crippen LogP contribution is 2.36. The molecule has 1 saturated carbocycles. The van der Waals surface area contributed by atoms with Crippen LogP contribution >= 0.6 is 0 Å². The number of rotatable bonds is 2. The lowest BCUT2D eigenvalue weighted by Crippen LogP contribution is -2.37. The standard InChI is InChI=1S/C14H17N3O/c1-11-5-8-16-12(9-11)17-13(18)14(10-15)6-3-2-4-7-14/h5,8-9H,2-4,6-7H2,1H3,(H,16,17,18). The fourth-order valence-corrected chi connectivity index (χ4v) is 2.39. The summed E-state index contributed by atoms with van der Waals surface area (Å²) in [4.78, 5) is 16.4. The first-order valence-electron chi connectivity index (χ1n) is 6.32. The van der Waals surface area contributed by atoms with Crippen molar-refractivity contribution in [3.8, 4) is 6.07 Å². The average molecular weight is 243 g/mol. The topological polar surface area (TPSA) is 65.8 Å². The Kier molecular flexibility index (Phi) is 3.61. The van der Waals surface area contributed by atoms with E-state index in [0.29, 0.717) is 18.7 Å². The number of anilines is 1. The summed E-state index contributed by atoms with van der Waals surface area (Å²) < 4.78 is 0. The highest BCUT2D eigenvalue weighted by Gasteiger charge is 2.39. The van der Waals surface area contributed by atoms with Gasteiger partial charge in [0.1, 0.15) is 11.2 Å². The normalized spacial score (nSPS) is 17.8. The van der Waals surface area contributed by atoms with Gasteiger partial charge in [-0.15, -0.1) is 0 Å². The van der Waals surface area contributed by atoms with Crippen molar-refractivity contribution in [2.45, 2.75) is 39.0 Å². The molecule has 1 aliphatic carbocycles. The number of nitrogens with zero attached hydrogens (tertiary/aromatic N) is 2. The third kappa shape index (κ3) is 2.51. The van der Waals surface area contributed by atoms with Gasteiger partial charge < -0.3 is 5.32 Å². The van der Waals surface area contributed by atoms with Crippen LogP contribution < -0.4 is 5.32 Å². The molecule has 0 saturated heterocycles. The maximum atomic E-state index is 12.3. The molecule has 0 unspecified atom stereocenters. The van der Waals surface area contributed by atoms with Crippen LogP contribution in [0.25, 0.3) is 0 Å². The summed E-state index contributed by atoms with van der Waals surface area (Å²) in [7, 11) is 0. The van der Waals surface area contributed by atoms with Crippen LogP contribution in [0.5, 0.6) is 0 Å². The molecule has 0 aliphatic heterocycles. The zero-order valence-corrected chi connectivity index (χ0v) is 10.6. The number of nitrogens with one attached hydrogen (secondary N) is 1. The summed E-state index contributed by atoms with van der Waals surface area (Å²) in [5.41, 5.74) is 0.180. The largest absolute Gasteiger partial charge is 0.309 e. The van der Waals surface area contributed by atoms with Crippen molar-refractivity contribution in [2.75, 3.05) is 5.32 Å². The first kappa shape index (κ1) is 12.6. The van der Waals surface area contributed by atoms with Gasteiger partial charge in [0, 0.05) is 6.20 Å². The summed E-state index contributed by atoms with van der Waals surface area (Å²) in [6.45, 7) is 1.94. The van der Waals surface area contributed by atoms with Gasteiger partial charge in [-0.1, -0.05) is 19.3 Å². The van der Waals surface area contributed by atoms with Crippen molar-refractivity contribution in [1.29, 1.82) is 5.26 Å². The molecule has 1 N–H and O–H groups in total. The first-order chi connectivity index (χ1) is 8.66. The maximum Gasteiger partial charge on any atom is 0.246 e. The number of carbonyl (C=O) groups is 1. The number of aromatic nitrogens is 1. The highest BCUT2D eigenvalue weighted by atomic mass is 16.2. The maximum absolute atomic E-state index is 12.3. The van der Waals surface area contributed by atoms with Crippen molar-refractivity contribution in [1.82, 2.24) is 4.98 Å². The number of nitriles is 1. The molecule has 1 aromatic rings. The summed E-state index contributed by atoms with van der Waals surface area (Å²) >= 11 is 0. The van der Waals surface area contributed by atoms with Gasteiger partial charge in [0.15, 0.2) is 0 Å². The Hall–Kier alpha value is -1.89. The number of aryl methyl sites for hydroxylation is 1. The van der Waals surface area contributed by atoms with E-state index in [9.17, 15) is 10.1 Å². The third-order valence-electron chi connectivity index (χ3n) is 3.51. The molecule has 1 fully saturated rings. The summed E-state index contributed by atoms with van der Waals surface area (Å²) in [5.74, 6) is 0.322. The van der Waals surface area contributed by atoms with Crippen LogP contribution in [0, 0.1) is 23.7 Å². The van der Waals surface area contributed by atoms with Crippen molar-refractivity contribution in [2.24, 2.45) is 5.41 Å². The Balaban J connectivity index is 2.13. The Labute approximate surface area is 107 Å². The van der Waals surface area contributed by atoms with Crippen LogP contribution in [0.15, 0.2) is 18.3 Å². The minimum absolute atomic E-state index is 0.206. The molecular formula is C14H17N3O. The Morgan fingerprint density at radius 1 is 1.44 bits per heavy atom. The lowest BCUT2D eigenvalue weighted by molar-refractivity contribution is -0.124. The van der Waals surface area contributed by atoms with Crippen LogP contribution in [0.2, 0.25) is 0 Å². The van der Waals surface area contributed by atoms with Crippen molar-refractivity contribution in [3.05, 3.63) is 23.9 Å². The number of hydrogen-bond donors (Lipinski definition) is 1. The van der Waals surface area contributed by atoms with Gasteiger partial charge in [-0.25, -0.2) is 4.98 Å². The summed E-state index contributed by atoms with van der Waals surface area (Å²) in [6, 6.07) is 5.89. The summed E-state index contributed by atoms with van der Waals surface area (Å²) in [6.07, 6.45) is 5.97. The molecule has 94 valence electrons. The Morgan fingerprint density at radius 2 is 2.17 bits per heavy atom. The second-order valence-corrected chi connectivity index (χ2v) is 4.93. The van der Waals surface area contributed by atoms with Crippen LogP contribution in [-0.2, 0) is 4.79 Å². The van der Waals surface area contributed by atoms with E-state index in [1.165, 1.54) is 0 Å². The minimum atomic E-state index is -0.857. The second-order valence-electron chi connectivity index (χ2n) is 4.93. The van der Waals surface area contributed by atoms with Crippen LogP contribution in [-0.4, -0.2) is 10.9 Å². The van der Waals surface area contributed by atoms with Gasteiger partial charge in [0.25, 0.3) is 0 Å². The monoisotopic (exact) mass is 243 g/mol. The van der Waals surface area contributed by atoms with Crippen molar-refractivity contribution in [3.63, 3.8) is 0 Å². The molecular weight excluding hydrogens is 226 g/mol. The number of carbonyl (C=O) groups excluding carboxylic acids is 1.